The molecule has 2 N–H and O–H groups in total. The van der Waals surface area contributed by atoms with Crippen molar-refractivity contribution < 1.29 is 0 Å². The number of rotatable bonds is 1. The summed E-state index contributed by atoms with van der Waals surface area (Å²) in [5.74, 6) is 0. The average molecular weight is 162 g/mol. The number of aromatic nitrogens is 1. The summed E-state index contributed by atoms with van der Waals surface area (Å²) >= 11 is 0. The maximum Gasteiger partial charge on any atom is 0.0410 e. The fraction of sp³-hybridized carbons (Fsp3) is 0.500. The Kier molecular flexibility index (Phi) is 1.65. The molecule has 1 aliphatic rings. The predicted molar refractivity (Wildman–Crippen MR) is 48.7 cm³/mol. The Balaban J connectivity index is 2.33. The maximum atomic E-state index is 6.17. The van der Waals surface area contributed by atoms with Gasteiger partial charge in [-0.25, -0.2) is 0 Å². The number of hydrogen-bond acceptors (Lipinski definition) is 2. The topological polar surface area (TPSA) is 38.9 Å². The van der Waals surface area contributed by atoms with Gasteiger partial charge in [-0.3, -0.25) is 4.98 Å². The summed E-state index contributed by atoms with van der Waals surface area (Å²) in [6.07, 6.45) is 5.35. The summed E-state index contributed by atoms with van der Waals surface area (Å²) in [5.41, 5.74) is 8.44. The molecule has 0 amide bonds. The SMILES string of the molecule is Cc1cc(C2(N)CCC2)ccn1. The molecule has 2 rings (SSSR count). The van der Waals surface area contributed by atoms with Crippen molar-refractivity contribution in [2.75, 3.05) is 0 Å². The molecule has 1 saturated carbocycles. The van der Waals surface area contributed by atoms with Crippen LogP contribution in [0, 0.1) is 6.92 Å². The third-order valence-electron chi connectivity index (χ3n) is 2.72. The number of aryl methyl sites for hydroxylation is 1. The van der Waals surface area contributed by atoms with E-state index in [2.05, 4.69) is 11.1 Å². The van der Waals surface area contributed by atoms with E-state index in [0.717, 1.165) is 18.5 Å². The minimum Gasteiger partial charge on any atom is -0.321 e. The lowest BCUT2D eigenvalue weighted by molar-refractivity contribution is 0.253. The molecule has 0 atom stereocenters. The molecule has 0 bridgehead atoms. The fourth-order valence-corrected chi connectivity index (χ4v) is 1.70. The van der Waals surface area contributed by atoms with Gasteiger partial charge in [0.15, 0.2) is 0 Å². The van der Waals surface area contributed by atoms with Gasteiger partial charge in [-0.2, -0.15) is 0 Å². The summed E-state index contributed by atoms with van der Waals surface area (Å²) in [7, 11) is 0. The highest BCUT2D eigenvalue weighted by Gasteiger charge is 2.34. The zero-order valence-electron chi connectivity index (χ0n) is 7.38. The van der Waals surface area contributed by atoms with Crippen molar-refractivity contribution in [3.63, 3.8) is 0 Å². The molecule has 12 heavy (non-hydrogen) atoms. The first-order valence-electron chi connectivity index (χ1n) is 4.43. The lowest BCUT2D eigenvalue weighted by Gasteiger charge is -2.38. The number of pyridine rings is 1. The van der Waals surface area contributed by atoms with Gasteiger partial charge in [-0.15, -0.1) is 0 Å². The molecule has 64 valence electrons. The molecule has 2 nitrogen and oxygen atoms in total. The molecule has 1 aromatic heterocycles. The quantitative estimate of drug-likeness (QED) is 0.683. The van der Waals surface area contributed by atoms with Crippen LogP contribution < -0.4 is 5.73 Å². The molecular weight excluding hydrogens is 148 g/mol. The van der Waals surface area contributed by atoms with Gasteiger partial charge in [0.25, 0.3) is 0 Å². The molecule has 1 aliphatic carbocycles. The summed E-state index contributed by atoms with van der Waals surface area (Å²) in [5, 5.41) is 0. The van der Waals surface area contributed by atoms with E-state index >= 15 is 0 Å². The molecule has 0 aromatic carbocycles. The first-order valence-corrected chi connectivity index (χ1v) is 4.43. The minimum absolute atomic E-state index is 0.0340. The van der Waals surface area contributed by atoms with Gasteiger partial charge in [0.1, 0.15) is 0 Å². The van der Waals surface area contributed by atoms with E-state index in [1.807, 2.05) is 19.2 Å². The van der Waals surface area contributed by atoms with Gasteiger partial charge in [-0.05, 0) is 43.9 Å². The van der Waals surface area contributed by atoms with E-state index in [4.69, 9.17) is 5.73 Å². The number of nitrogens with zero attached hydrogens (tertiary/aromatic N) is 1. The van der Waals surface area contributed by atoms with Crippen LogP contribution in [-0.2, 0) is 5.54 Å². The van der Waals surface area contributed by atoms with Crippen LogP contribution in [0.1, 0.15) is 30.5 Å². The van der Waals surface area contributed by atoms with Crippen LogP contribution in [-0.4, -0.2) is 4.98 Å². The highest BCUT2D eigenvalue weighted by atomic mass is 14.8. The number of hydrogen-bond donors (Lipinski definition) is 1. The summed E-state index contributed by atoms with van der Waals surface area (Å²) in [4.78, 5) is 4.16. The molecular formula is C10H14N2. The minimum atomic E-state index is -0.0340. The molecule has 1 aromatic rings. The van der Waals surface area contributed by atoms with Crippen molar-refractivity contribution in [1.82, 2.24) is 4.98 Å². The average Bonchev–Trinajstić information content (AvgIpc) is 2.00. The van der Waals surface area contributed by atoms with Crippen molar-refractivity contribution in [1.29, 1.82) is 0 Å². The Hall–Kier alpha value is -0.890. The molecule has 0 radical (unpaired) electrons. The zero-order chi connectivity index (χ0) is 8.60. The predicted octanol–water partition coefficient (Wildman–Crippen LogP) is 1.73. The lowest BCUT2D eigenvalue weighted by Crippen LogP contribution is -2.43. The van der Waals surface area contributed by atoms with Crippen LogP contribution in [0.25, 0.3) is 0 Å². The third-order valence-corrected chi connectivity index (χ3v) is 2.72. The molecule has 0 saturated heterocycles. The van der Waals surface area contributed by atoms with E-state index in [1.165, 1.54) is 12.0 Å². The molecule has 2 heteroatoms. The lowest BCUT2D eigenvalue weighted by atomic mass is 9.73. The molecule has 0 aliphatic heterocycles. The van der Waals surface area contributed by atoms with Gasteiger partial charge >= 0.3 is 0 Å². The van der Waals surface area contributed by atoms with Gasteiger partial charge in [0.2, 0.25) is 0 Å². The van der Waals surface area contributed by atoms with Crippen molar-refractivity contribution >= 4 is 0 Å². The first-order chi connectivity index (χ1) is 5.71. The first kappa shape index (κ1) is 7.74. The van der Waals surface area contributed by atoms with E-state index in [-0.39, 0.29) is 5.54 Å². The maximum absolute atomic E-state index is 6.17. The van der Waals surface area contributed by atoms with Gasteiger partial charge in [0.05, 0.1) is 0 Å². The Morgan fingerprint density at radius 1 is 1.50 bits per heavy atom. The van der Waals surface area contributed by atoms with Gasteiger partial charge in [-0.1, -0.05) is 0 Å². The summed E-state index contributed by atoms with van der Waals surface area (Å²) < 4.78 is 0. The van der Waals surface area contributed by atoms with Crippen LogP contribution >= 0.6 is 0 Å². The Labute approximate surface area is 72.8 Å². The van der Waals surface area contributed by atoms with Crippen LogP contribution in [0.4, 0.5) is 0 Å². The highest BCUT2D eigenvalue weighted by molar-refractivity contribution is 5.26. The Morgan fingerprint density at radius 3 is 2.75 bits per heavy atom. The number of nitrogens with two attached hydrogens (primary N) is 1. The monoisotopic (exact) mass is 162 g/mol. The van der Waals surface area contributed by atoms with Crippen molar-refractivity contribution in [3.8, 4) is 0 Å². The van der Waals surface area contributed by atoms with Crippen LogP contribution in [0.3, 0.4) is 0 Å². The Morgan fingerprint density at radius 2 is 2.25 bits per heavy atom. The second kappa shape index (κ2) is 2.56. The van der Waals surface area contributed by atoms with Crippen LogP contribution in [0.2, 0.25) is 0 Å². The van der Waals surface area contributed by atoms with E-state index in [0.29, 0.717) is 0 Å². The summed E-state index contributed by atoms with van der Waals surface area (Å²) in [6.45, 7) is 2.01. The van der Waals surface area contributed by atoms with Crippen molar-refractivity contribution in [2.45, 2.75) is 31.7 Å². The van der Waals surface area contributed by atoms with Gasteiger partial charge < -0.3 is 5.73 Å². The third kappa shape index (κ3) is 1.12. The van der Waals surface area contributed by atoms with E-state index < -0.39 is 0 Å². The standard InChI is InChI=1S/C10H14N2/c1-8-7-9(3-6-12-8)10(11)4-2-5-10/h3,6-7H,2,4-5,11H2,1H3. The molecule has 0 spiro atoms. The van der Waals surface area contributed by atoms with E-state index in [1.54, 1.807) is 0 Å². The molecule has 0 unspecified atom stereocenters. The van der Waals surface area contributed by atoms with Crippen LogP contribution in [0.15, 0.2) is 18.3 Å². The summed E-state index contributed by atoms with van der Waals surface area (Å²) in [6, 6.07) is 4.13. The smallest absolute Gasteiger partial charge is 0.0410 e. The fourth-order valence-electron chi connectivity index (χ4n) is 1.70. The largest absolute Gasteiger partial charge is 0.321 e. The zero-order valence-corrected chi connectivity index (χ0v) is 7.38. The van der Waals surface area contributed by atoms with Crippen molar-refractivity contribution in [3.05, 3.63) is 29.6 Å². The molecule has 1 fully saturated rings. The molecule has 1 heterocycles. The van der Waals surface area contributed by atoms with Crippen molar-refractivity contribution in [2.24, 2.45) is 5.73 Å². The second-order valence-electron chi connectivity index (χ2n) is 3.70. The normalized spacial score (nSPS) is 20.2. The Bertz CT molecular complexity index is 290. The van der Waals surface area contributed by atoms with Gasteiger partial charge in [0, 0.05) is 17.4 Å². The highest BCUT2D eigenvalue weighted by Crippen LogP contribution is 2.38. The second-order valence-corrected chi connectivity index (χ2v) is 3.70. The van der Waals surface area contributed by atoms with E-state index in [9.17, 15) is 0 Å². The van der Waals surface area contributed by atoms with Crippen LogP contribution in [0.5, 0.6) is 0 Å².